The van der Waals surface area contributed by atoms with Gasteiger partial charge in [0.2, 0.25) is 11.8 Å². The third-order valence-corrected chi connectivity index (χ3v) is 3.40. The summed E-state index contributed by atoms with van der Waals surface area (Å²) in [6.07, 6.45) is 6.83. The van der Waals surface area contributed by atoms with Crippen LogP contribution in [0.1, 0.15) is 38.5 Å². The molecule has 1 aliphatic carbocycles. The average Bonchev–Trinajstić information content (AvgIpc) is 2.28. The first-order valence-electron chi connectivity index (χ1n) is 6.29. The van der Waals surface area contributed by atoms with E-state index in [0.717, 1.165) is 6.42 Å². The summed E-state index contributed by atoms with van der Waals surface area (Å²) in [5.74, 6) is -0.134. The van der Waals surface area contributed by atoms with E-state index in [0.29, 0.717) is 5.92 Å². The van der Waals surface area contributed by atoms with Crippen molar-refractivity contribution in [1.29, 1.82) is 0 Å². The van der Waals surface area contributed by atoms with Gasteiger partial charge in [0.25, 0.3) is 0 Å². The number of hydrogen-bond donors (Lipinski definition) is 2. The molecule has 2 amide bonds. The van der Waals surface area contributed by atoms with Crippen LogP contribution >= 0.6 is 0 Å². The molecule has 0 heterocycles. The second kappa shape index (κ2) is 6.59. The molecule has 1 saturated carbocycles. The number of carbonyl (C=O) groups excluding carboxylic acids is 2. The van der Waals surface area contributed by atoms with Gasteiger partial charge in [-0.15, -0.1) is 0 Å². The Morgan fingerprint density at radius 2 is 1.88 bits per heavy atom. The first-order chi connectivity index (χ1) is 8.00. The predicted molar refractivity (Wildman–Crippen MR) is 66.0 cm³/mol. The van der Waals surface area contributed by atoms with Crippen molar-refractivity contribution in [3.05, 3.63) is 0 Å². The highest BCUT2D eigenvalue weighted by Gasteiger charge is 2.23. The fourth-order valence-corrected chi connectivity index (χ4v) is 2.48. The second-order valence-corrected chi connectivity index (χ2v) is 5.01. The summed E-state index contributed by atoms with van der Waals surface area (Å²) in [5, 5.41) is 0. The van der Waals surface area contributed by atoms with Crippen molar-refractivity contribution in [2.75, 3.05) is 13.6 Å². The van der Waals surface area contributed by atoms with E-state index in [9.17, 15) is 9.59 Å². The Morgan fingerprint density at radius 1 is 1.29 bits per heavy atom. The molecule has 1 unspecified atom stereocenters. The highest BCUT2D eigenvalue weighted by molar-refractivity contribution is 5.86. The molecule has 5 heteroatoms. The summed E-state index contributed by atoms with van der Waals surface area (Å²) < 4.78 is 0. The van der Waals surface area contributed by atoms with Gasteiger partial charge in [0.1, 0.15) is 0 Å². The molecule has 1 rings (SSSR count). The monoisotopic (exact) mass is 241 g/mol. The number of carbonyl (C=O) groups is 2. The van der Waals surface area contributed by atoms with Crippen LogP contribution in [0.15, 0.2) is 0 Å². The lowest BCUT2D eigenvalue weighted by molar-refractivity contribution is -0.135. The molecule has 0 aromatic carbocycles. The highest BCUT2D eigenvalue weighted by atomic mass is 16.2. The molecule has 0 aliphatic heterocycles. The molecule has 0 saturated heterocycles. The highest BCUT2D eigenvalue weighted by Crippen LogP contribution is 2.27. The number of likely N-dealkylation sites (N-methyl/N-ethyl adjacent to an activating group) is 1. The van der Waals surface area contributed by atoms with Crippen LogP contribution in [-0.4, -0.2) is 36.3 Å². The molecular formula is C12H23N3O2. The topological polar surface area (TPSA) is 89.4 Å². The summed E-state index contributed by atoms with van der Waals surface area (Å²) in [6.45, 7) is -0.0583. The van der Waals surface area contributed by atoms with Crippen LogP contribution in [0.2, 0.25) is 0 Å². The summed E-state index contributed by atoms with van der Waals surface area (Å²) >= 11 is 0. The Labute approximate surface area is 103 Å². The number of amides is 2. The Morgan fingerprint density at radius 3 is 2.41 bits per heavy atom. The van der Waals surface area contributed by atoms with Crippen molar-refractivity contribution < 1.29 is 9.59 Å². The number of nitrogens with zero attached hydrogens (tertiary/aromatic N) is 1. The minimum Gasteiger partial charge on any atom is -0.368 e. The summed E-state index contributed by atoms with van der Waals surface area (Å²) in [4.78, 5) is 23.9. The zero-order valence-corrected chi connectivity index (χ0v) is 10.5. The molecule has 1 atom stereocenters. The molecule has 0 bridgehead atoms. The molecule has 0 spiro atoms. The van der Waals surface area contributed by atoms with Gasteiger partial charge >= 0.3 is 0 Å². The van der Waals surface area contributed by atoms with Gasteiger partial charge in [-0.3, -0.25) is 9.59 Å². The van der Waals surface area contributed by atoms with Crippen LogP contribution in [-0.2, 0) is 9.59 Å². The minimum absolute atomic E-state index is 0.0583. The van der Waals surface area contributed by atoms with E-state index in [4.69, 9.17) is 11.5 Å². The number of nitrogens with two attached hydrogens (primary N) is 2. The number of primary amides is 1. The fraction of sp³-hybridized carbons (Fsp3) is 0.833. The van der Waals surface area contributed by atoms with Gasteiger partial charge in [0, 0.05) is 7.05 Å². The van der Waals surface area contributed by atoms with Crippen LogP contribution in [0.25, 0.3) is 0 Å². The predicted octanol–water partition coefficient (Wildman–Crippen LogP) is 0.228. The molecule has 4 N–H and O–H groups in total. The number of rotatable bonds is 5. The molecule has 5 nitrogen and oxygen atoms in total. The van der Waals surface area contributed by atoms with Crippen LogP contribution < -0.4 is 11.5 Å². The first-order valence-corrected chi connectivity index (χ1v) is 6.29. The van der Waals surface area contributed by atoms with E-state index < -0.39 is 11.9 Å². The van der Waals surface area contributed by atoms with Crippen molar-refractivity contribution in [3.63, 3.8) is 0 Å². The third-order valence-electron chi connectivity index (χ3n) is 3.40. The van der Waals surface area contributed by atoms with E-state index in [-0.39, 0.29) is 12.5 Å². The fourth-order valence-electron chi connectivity index (χ4n) is 2.48. The van der Waals surface area contributed by atoms with E-state index in [2.05, 4.69) is 0 Å². The van der Waals surface area contributed by atoms with Gasteiger partial charge in [-0.05, 0) is 12.3 Å². The van der Waals surface area contributed by atoms with E-state index >= 15 is 0 Å². The standard InChI is InChI=1S/C12H23N3O2/c1-15(8-11(14)16)12(17)10(13)7-9-5-3-2-4-6-9/h9-10H,2-8,13H2,1H3,(H2,14,16). The molecule has 98 valence electrons. The Hall–Kier alpha value is -1.10. The van der Waals surface area contributed by atoms with Gasteiger partial charge in [-0.1, -0.05) is 32.1 Å². The normalized spacial score (nSPS) is 18.7. The van der Waals surface area contributed by atoms with Crippen molar-refractivity contribution in [2.45, 2.75) is 44.6 Å². The smallest absolute Gasteiger partial charge is 0.239 e. The zero-order valence-electron chi connectivity index (χ0n) is 10.5. The maximum absolute atomic E-state index is 11.8. The molecule has 1 aliphatic rings. The maximum atomic E-state index is 11.8. The van der Waals surface area contributed by atoms with Crippen molar-refractivity contribution in [3.8, 4) is 0 Å². The quantitative estimate of drug-likeness (QED) is 0.722. The molecular weight excluding hydrogens is 218 g/mol. The SMILES string of the molecule is CN(CC(N)=O)C(=O)C(N)CC1CCCCC1. The Bertz CT molecular complexity index is 275. The molecule has 1 fully saturated rings. The van der Waals surface area contributed by atoms with Crippen LogP contribution in [0.4, 0.5) is 0 Å². The molecule has 0 aromatic heterocycles. The van der Waals surface area contributed by atoms with Crippen molar-refractivity contribution in [2.24, 2.45) is 17.4 Å². The number of hydrogen-bond acceptors (Lipinski definition) is 3. The van der Waals surface area contributed by atoms with E-state index in [1.165, 1.54) is 37.0 Å². The Balaban J connectivity index is 2.37. The molecule has 17 heavy (non-hydrogen) atoms. The third kappa shape index (κ3) is 4.73. The second-order valence-electron chi connectivity index (χ2n) is 5.01. The lowest BCUT2D eigenvalue weighted by Gasteiger charge is -2.26. The minimum atomic E-state index is -0.509. The lowest BCUT2D eigenvalue weighted by atomic mass is 9.85. The van der Waals surface area contributed by atoms with Gasteiger partial charge in [0.15, 0.2) is 0 Å². The maximum Gasteiger partial charge on any atom is 0.239 e. The Kier molecular flexibility index (Phi) is 5.41. The van der Waals surface area contributed by atoms with Gasteiger partial charge in [-0.25, -0.2) is 0 Å². The van der Waals surface area contributed by atoms with Gasteiger partial charge in [0.05, 0.1) is 12.6 Å². The zero-order chi connectivity index (χ0) is 12.8. The van der Waals surface area contributed by atoms with Crippen molar-refractivity contribution in [1.82, 2.24) is 4.90 Å². The van der Waals surface area contributed by atoms with E-state index in [1.807, 2.05) is 0 Å². The van der Waals surface area contributed by atoms with Crippen LogP contribution in [0, 0.1) is 5.92 Å². The largest absolute Gasteiger partial charge is 0.368 e. The van der Waals surface area contributed by atoms with E-state index in [1.54, 1.807) is 7.05 Å². The summed E-state index contributed by atoms with van der Waals surface area (Å²) in [7, 11) is 1.56. The molecule has 0 aromatic rings. The van der Waals surface area contributed by atoms with Gasteiger partial charge in [-0.2, -0.15) is 0 Å². The van der Waals surface area contributed by atoms with Crippen molar-refractivity contribution >= 4 is 11.8 Å². The summed E-state index contributed by atoms with van der Waals surface area (Å²) in [6, 6.07) is -0.498. The summed E-state index contributed by atoms with van der Waals surface area (Å²) in [5.41, 5.74) is 10.9. The van der Waals surface area contributed by atoms with Gasteiger partial charge < -0.3 is 16.4 Å². The molecule has 0 radical (unpaired) electrons. The average molecular weight is 241 g/mol. The van der Waals surface area contributed by atoms with Crippen LogP contribution in [0.5, 0.6) is 0 Å². The first kappa shape index (κ1) is 14.0. The lowest BCUT2D eigenvalue weighted by Crippen LogP contribution is -2.45. The van der Waals surface area contributed by atoms with Crippen LogP contribution in [0.3, 0.4) is 0 Å².